The molecular weight excluding hydrogens is 205 g/mol. The topological polar surface area (TPSA) is 92.5 Å². The molecule has 0 unspecified atom stereocenters. The molecule has 0 heterocycles. The van der Waals surface area contributed by atoms with Crippen molar-refractivity contribution in [3.8, 4) is 0 Å². The van der Waals surface area contributed by atoms with Crippen molar-refractivity contribution in [3.05, 3.63) is 0 Å². The Morgan fingerprint density at radius 1 is 1.29 bits per heavy atom. The van der Waals surface area contributed by atoms with Crippen LogP contribution in [0.2, 0.25) is 0 Å². The van der Waals surface area contributed by atoms with Gasteiger partial charge < -0.3 is 6.15 Å². The molecule has 7 heavy (non-hydrogen) atoms. The van der Waals surface area contributed by atoms with Crippen molar-refractivity contribution in [2.75, 3.05) is 0 Å². The van der Waals surface area contributed by atoms with Crippen molar-refractivity contribution in [3.63, 3.8) is 0 Å². The van der Waals surface area contributed by atoms with E-state index < -0.39 is 15.3 Å². The minimum Gasteiger partial charge on any atom is 0 e. The third-order valence-corrected chi connectivity index (χ3v) is 0. The van der Waals surface area contributed by atoms with Gasteiger partial charge in [-0.15, -0.1) is 0 Å². The van der Waals surface area contributed by atoms with Crippen LogP contribution < -0.4 is 6.15 Å². The predicted molar refractivity (Wildman–Crippen MR) is 24.0 cm³/mol. The summed E-state index contributed by atoms with van der Waals surface area (Å²) >= 11 is -3.58. The minimum atomic E-state index is -3.58. The SMILES string of the molecule is C.N.O=[AsH](O)O.[Fe]. The first-order chi connectivity index (χ1) is 1.73. The molecule has 4 nitrogen and oxygen atoms in total. The van der Waals surface area contributed by atoms with E-state index >= 15 is 0 Å². The molecule has 0 bridgehead atoms. The predicted octanol–water partition coefficient (Wildman–Crippen LogP) is -1.09. The summed E-state index contributed by atoms with van der Waals surface area (Å²) in [5.74, 6) is 0. The van der Waals surface area contributed by atoms with E-state index in [2.05, 4.69) is 0 Å². The van der Waals surface area contributed by atoms with E-state index in [0.29, 0.717) is 0 Å². The molecule has 0 saturated carbocycles. The van der Waals surface area contributed by atoms with Crippen molar-refractivity contribution < 1.29 is 29.0 Å². The van der Waals surface area contributed by atoms with Gasteiger partial charge in [-0.1, -0.05) is 7.43 Å². The quantitative estimate of drug-likeness (QED) is 0.447. The van der Waals surface area contributed by atoms with Crippen LogP contribution in [0, 0.1) is 0 Å². The fraction of sp³-hybridized carbons (Fsp3) is 1.00. The average Bonchev–Trinajstić information content (AvgIpc) is 0.811. The maximum absolute atomic E-state index is 8.81. The monoisotopic (exact) mass is 215 g/mol. The van der Waals surface area contributed by atoms with Gasteiger partial charge in [0.1, 0.15) is 0 Å². The summed E-state index contributed by atoms with van der Waals surface area (Å²) in [5, 5.41) is 0. The summed E-state index contributed by atoms with van der Waals surface area (Å²) in [6.07, 6.45) is 0. The van der Waals surface area contributed by atoms with Gasteiger partial charge in [0.2, 0.25) is 0 Å². The molecule has 0 aliphatic heterocycles. The number of hydrogen-bond donors (Lipinski definition) is 3. The molecule has 0 amide bonds. The number of rotatable bonds is 0. The zero-order valence-corrected chi connectivity index (χ0v) is 6.07. The normalized spacial score (nSPS) is 5.00. The van der Waals surface area contributed by atoms with E-state index in [1.165, 1.54) is 0 Å². The van der Waals surface area contributed by atoms with Gasteiger partial charge in [-0.25, -0.2) is 0 Å². The van der Waals surface area contributed by atoms with Crippen LogP contribution in [0.5, 0.6) is 0 Å². The van der Waals surface area contributed by atoms with Gasteiger partial charge in [0.15, 0.2) is 0 Å². The van der Waals surface area contributed by atoms with Gasteiger partial charge in [0.25, 0.3) is 0 Å². The first-order valence-electron chi connectivity index (χ1n) is 0.651. The first-order valence-corrected chi connectivity index (χ1v) is 3.38. The summed E-state index contributed by atoms with van der Waals surface area (Å²) in [6.45, 7) is 0. The molecular formula is CH10AsFeNO3. The Hall–Kier alpha value is 0.758. The largest absolute Gasteiger partial charge is 0 e. The average molecular weight is 215 g/mol. The maximum Gasteiger partial charge on any atom is 0 e. The van der Waals surface area contributed by atoms with Crippen LogP contribution in [0.1, 0.15) is 7.43 Å². The molecule has 50 valence electrons. The van der Waals surface area contributed by atoms with E-state index in [9.17, 15) is 0 Å². The molecule has 6 heteroatoms. The van der Waals surface area contributed by atoms with Crippen molar-refractivity contribution in [1.82, 2.24) is 6.15 Å². The fourth-order valence-corrected chi connectivity index (χ4v) is 0. The second kappa shape index (κ2) is 15.9. The zero-order chi connectivity index (χ0) is 3.58. The summed E-state index contributed by atoms with van der Waals surface area (Å²) < 4.78 is 23.2. The summed E-state index contributed by atoms with van der Waals surface area (Å²) in [4.78, 5) is 0. The van der Waals surface area contributed by atoms with Crippen LogP contribution in [0.3, 0.4) is 0 Å². The van der Waals surface area contributed by atoms with E-state index in [-0.39, 0.29) is 30.6 Å². The van der Waals surface area contributed by atoms with Crippen molar-refractivity contribution in [2.45, 2.75) is 7.43 Å². The van der Waals surface area contributed by atoms with Crippen molar-refractivity contribution in [1.29, 1.82) is 0 Å². The van der Waals surface area contributed by atoms with Gasteiger partial charge >= 0.3 is 27.2 Å². The molecule has 5 N–H and O–H groups in total. The standard InChI is InChI=1S/CH4.AsH3O3.Fe.H3N/c;2-1(3)4;;/h1H4;1H,(H2,2,3,4);;1H3. The van der Waals surface area contributed by atoms with Gasteiger partial charge in [0.05, 0.1) is 0 Å². The molecule has 0 fully saturated rings. The molecule has 0 radical (unpaired) electrons. The molecule has 0 aromatic rings. The Kier molecular flexibility index (Phi) is 56.9. The molecule has 0 spiro atoms. The van der Waals surface area contributed by atoms with Crippen LogP contribution in [0.25, 0.3) is 0 Å². The zero-order valence-electron chi connectivity index (χ0n) is 2.86. The minimum absolute atomic E-state index is 0. The molecule has 0 aliphatic rings. The Labute approximate surface area is 58.2 Å². The van der Waals surface area contributed by atoms with Gasteiger partial charge in [0, 0.05) is 17.1 Å². The Morgan fingerprint density at radius 2 is 1.29 bits per heavy atom. The van der Waals surface area contributed by atoms with Gasteiger partial charge in [-0.2, -0.15) is 0 Å². The molecule has 0 atom stereocenters. The molecule has 0 saturated heterocycles. The Morgan fingerprint density at radius 3 is 1.29 bits per heavy atom. The van der Waals surface area contributed by atoms with Crippen LogP contribution in [-0.4, -0.2) is 23.5 Å². The van der Waals surface area contributed by atoms with Gasteiger partial charge in [-0.3, -0.25) is 0 Å². The Balaban J connectivity index is -0.0000000150. The van der Waals surface area contributed by atoms with Crippen LogP contribution in [-0.2, 0) is 20.8 Å². The second-order valence-electron chi connectivity index (χ2n) is 0.283. The van der Waals surface area contributed by atoms with Crippen molar-refractivity contribution >= 4 is 15.3 Å². The van der Waals surface area contributed by atoms with E-state index in [1.807, 2.05) is 0 Å². The van der Waals surface area contributed by atoms with Gasteiger partial charge in [-0.05, 0) is 0 Å². The third kappa shape index (κ3) is 266. The first kappa shape index (κ1) is 25.1. The van der Waals surface area contributed by atoms with Crippen LogP contribution >= 0.6 is 0 Å². The summed E-state index contributed by atoms with van der Waals surface area (Å²) in [5.41, 5.74) is 0. The Bertz CT molecular complexity index is 37.9. The second-order valence-corrected chi connectivity index (χ2v) is 1.47. The molecule has 0 aromatic heterocycles. The number of hydrogen-bond acceptors (Lipinski definition) is 2. The fourth-order valence-electron chi connectivity index (χ4n) is 0. The van der Waals surface area contributed by atoms with Crippen molar-refractivity contribution in [2.24, 2.45) is 0 Å². The third-order valence-electron chi connectivity index (χ3n) is 0. The van der Waals surface area contributed by atoms with E-state index in [0.717, 1.165) is 0 Å². The summed E-state index contributed by atoms with van der Waals surface area (Å²) in [7, 11) is 0. The van der Waals surface area contributed by atoms with Crippen LogP contribution in [0.4, 0.5) is 0 Å². The maximum atomic E-state index is 8.81. The molecule has 0 rings (SSSR count). The molecule has 0 aliphatic carbocycles. The smallest absolute Gasteiger partial charge is 0 e. The van der Waals surface area contributed by atoms with Crippen LogP contribution in [0.15, 0.2) is 0 Å². The van der Waals surface area contributed by atoms with E-state index in [4.69, 9.17) is 11.9 Å². The summed E-state index contributed by atoms with van der Waals surface area (Å²) in [6, 6.07) is 0. The molecule has 0 aromatic carbocycles. The van der Waals surface area contributed by atoms with E-state index in [1.54, 1.807) is 0 Å².